The minimum Gasteiger partial charge on any atom is -0.337 e. The zero-order chi connectivity index (χ0) is 18.4. The average molecular weight is 344 g/mol. The van der Waals surface area contributed by atoms with Gasteiger partial charge in [0.1, 0.15) is 0 Å². The van der Waals surface area contributed by atoms with Crippen molar-refractivity contribution in [2.24, 2.45) is 0 Å². The second-order valence-electron chi connectivity index (χ2n) is 6.42. The summed E-state index contributed by atoms with van der Waals surface area (Å²) in [5.74, 6) is 0.0229. The van der Waals surface area contributed by atoms with Gasteiger partial charge in [-0.15, -0.1) is 0 Å². The van der Waals surface area contributed by atoms with Crippen molar-refractivity contribution in [3.8, 4) is 12.1 Å². The van der Waals surface area contributed by atoms with Gasteiger partial charge in [-0.1, -0.05) is 12.1 Å². The molecule has 0 N–H and O–H groups in total. The minimum atomic E-state index is 0.0229. The quantitative estimate of drug-likeness (QED) is 0.858. The van der Waals surface area contributed by atoms with Gasteiger partial charge in [0.15, 0.2) is 0 Å². The van der Waals surface area contributed by atoms with Crippen LogP contribution in [0.5, 0.6) is 0 Å². The number of hydrogen-bond donors (Lipinski definition) is 0. The molecular formula is C21H20N4O. The molecule has 2 aromatic rings. The maximum absolute atomic E-state index is 12.7. The molecule has 0 unspecified atom stereocenters. The summed E-state index contributed by atoms with van der Waals surface area (Å²) >= 11 is 0. The Balaban J connectivity index is 1.59. The third kappa shape index (κ3) is 4.27. The van der Waals surface area contributed by atoms with Crippen LogP contribution in [0.1, 0.15) is 33.5 Å². The van der Waals surface area contributed by atoms with Crippen LogP contribution in [0.2, 0.25) is 0 Å². The fourth-order valence-corrected chi connectivity index (χ4v) is 3.14. The highest BCUT2D eigenvalue weighted by molar-refractivity contribution is 5.94. The molecule has 1 fully saturated rings. The summed E-state index contributed by atoms with van der Waals surface area (Å²) < 4.78 is 0. The predicted molar refractivity (Wildman–Crippen MR) is 98.1 cm³/mol. The lowest BCUT2D eigenvalue weighted by atomic mass is 10.1. The van der Waals surface area contributed by atoms with Gasteiger partial charge in [0.25, 0.3) is 5.91 Å². The van der Waals surface area contributed by atoms with Crippen LogP contribution in [0.4, 0.5) is 0 Å². The molecule has 0 radical (unpaired) electrons. The number of carbonyl (C=O) groups is 1. The smallest absolute Gasteiger partial charge is 0.253 e. The van der Waals surface area contributed by atoms with E-state index in [0.29, 0.717) is 23.2 Å². The van der Waals surface area contributed by atoms with E-state index in [-0.39, 0.29) is 5.91 Å². The van der Waals surface area contributed by atoms with Gasteiger partial charge >= 0.3 is 0 Å². The van der Waals surface area contributed by atoms with E-state index in [9.17, 15) is 4.79 Å². The molecule has 2 aromatic carbocycles. The number of nitrogens with zero attached hydrogens (tertiary/aromatic N) is 4. The lowest BCUT2D eigenvalue weighted by Gasteiger charge is -2.22. The third-order valence-corrected chi connectivity index (χ3v) is 4.63. The number of carbonyl (C=O) groups excluding carboxylic acids is 1. The Hall–Kier alpha value is -3.15. The van der Waals surface area contributed by atoms with E-state index < -0.39 is 0 Å². The van der Waals surface area contributed by atoms with Gasteiger partial charge in [0.2, 0.25) is 0 Å². The molecule has 0 atom stereocenters. The molecule has 0 spiro atoms. The lowest BCUT2D eigenvalue weighted by Crippen LogP contribution is -2.35. The fraction of sp³-hybridized carbons (Fsp3) is 0.286. The highest BCUT2D eigenvalue weighted by Gasteiger charge is 2.20. The number of nitriles is 2. The molecule has 1 amide bonds. The molecule has 1 aliphatic rings. The van der Waals surface area contributed by atoms with Crippen LogP contribution in [0.3, 0.4) is 0 Å². The van der Waals surface area contributed by atoms with E-state index in [0.717, 1.165) is 32.6 Å². The van der Waals surface area contributed by atoms with Gasteiger partial charge in [-0.25, -0.2) is 0 Å². The number of benzene rings is 2. The molecule has 5 heteroatoms. The van der Waals surface area contributed by atoms with Crippen molar-refractivity contribution in [1.29, 1.82) is 10.5 Å². The Kier molecular flexibility index (Phi) is 5.63. The monoisotopic (exact) mass is 344 g/mol. The van der Waals surface area contributed by atoms with Crippen molar-refractivity contribution in [3.63, 3.8) is 0 Å². The second kappa shape index (κ2) is 8.29. The molecular weight excluding hydrogens is 324 g/mol. The van der Waals surface area contributed by atoms with E-state index in [4.69, 9.17) is 10.5 Å². The molecule has 3 rings (SSSR count). The fourth-order valence-electron chi connectivity index (χ4n) is 3.14. The SMILES string of the molecule is N#Cc1ccc(CN2CCCN(C(=O)c3ccc(C#N)cc3)CC2)cc1. The van der Waals surface area contributed by atoms with Crippen LogP contribution in [0.25, 0.3) is 0 Å². The summed E-state index contributed by atoms with van der Waals surface area (Å²) in [6.45, 7) is 4.02. The zero-order valence-electron chi connectivity index (χ0n) is 14.6. The molecule has 26 heavy (non-hydrogen) atoms. The van der Waals surface area contributed by atoms with Gasteiger partial charge in [-0.3, -0.25) is 9.69 Å². The van der Waals surface area contributed by atoms with Crippen LogP contribution >= 0.6 is 0 Å². The number of amides is 1. The molecule has 0 aromatic heterocycles. The normalized spacial score (nSPS) is 14.9. The summed E-state index contributed by atoms with van der Waals surface area (Å²) in [6, 6.07) is 18.7. The Bertz CT molecular complexity index is 844. The standard InChI is InChI=1S/C21H20N4O/c22-14-17-2-4-19(5-3-17)16-24-10-1-11-25(13-12-24)21(26)20-8-6-18(15-23)7-9-20/h2-9H,1,10-13,16H2. The summed E-state index contributed by atoms with van der Waals surface area (Å²) in [5.41, 5.74) is 3.04. The van der Waals surface area contributed by atoms with E-state index in [1.165, 1.54) is 5.56 Å². The summed E-state index contributed by atoms with van der Waals surface area (Å²) in [7, 11) is 0. The van der Waals surface area contributed by atoms with Crippen molar-refractivity contribution in [2.75, 3.05) is 26.2 Å². The van der Waals surface area contributed by atoms with E-state index in [2.05, 4.69) is 17.0 Å². The summed E-state index contributed by atoms with van der Waals surface area (Å²) in [4.78, 5) is 16.9. The first-order valence-electron chi connectivity index (χ1n) is 8.70. The Labute approximate surface area is 153 Å². The van der Waals surface area contributed by atoms with Crippen molar-refractivity contribution in [3.05, 3.63) is 70.8 Å². The lowest BCUT2D eigenvalue weighted by molar-refractivity contribution is 0.0761. The Morgan fingerprint density at radius 1 is 0.846 bits per heavy atom. The van der Waals surface area contributed by atoms with Crippen molar-refractivity contribution in [1.82, 2.24) is 9.80 Å². The predicted octanol–water partition coefficient (Wildman–Crippen LogP) is 2.78. The highest BCUT2D eigenvalue weighted by atomic mass is 16.2. The van der Waals surface area contributed by atoms with Crippen molar-refractivity contribution < 1.29 is 4.79 Å². The van der Waals surface area contributed by atoms with Gasteiger partial charge in [0.05, 0.1) is 23.3 Å². The van der Waals surface area contributed by atoms with Crippen molar-refractivity contribution >= 4 is 5.91 Å². The van der Waals surface area contributed by atoms with Crippen LogP contribution in [-0.2, 0) is 6.54 Å². The van der Waals surface area contributed by atoms with Crippen molar-refractivity contribution in [2.45, 2.75) is 13.0 Å². The average Bonchev–Trinajstić information content (AvgIpc) is 2.94. The van der Waals surface area contributed by atoms with Gasteiger partial charge in [-0.05, 0) is 48.4 Å². The first kappa shape index (κ1) is 17.7. The molecule has 0 bridgehead atoms. The zero-order valence-corrected chi connectivity index (χ0v) is 14.6. The Morgan fingerprint density at radius 2 is 1.46 bits per heavy atom. The topological polar surface area (TPSA) is 71.1 Å². The molecule has 5 nitrogen and oxygen atoms in total. The first-order valence-corrected chi connectivity index (χ1v) is 8.70. The molecule has 1 heterocycles. The molecule has 0 saturated carbocycles. The molecule has 130 valence electrons. The van der Waals surface area contributed by atoms with E-state index in [1.807, 2.05) is 29.2 Å². The van der Waals surface area contributed by atoms with Gasteiger partial charge in [-0.2, -0.15) is 10.5 Å². The summed E-state index contributed by atoms with van der Waals surface area (Å²) in [6.07, 6.45) is 0.929. The van der Waals surface area contributed by atoms with E-state index in [1.54, 1.807) is 24.3 Å². The van der Waals surface area contributed by atoms with Crippen LogP contribution < -0.4 is 0 Å². The molecule has 1 aliphatic heterocycles. The Morgan fingerprint density at radius 3 is 2.08 bits per heavy atom. The molecule has 0 aliphatic carbocycles. The van der Waals surface area contributed by atoms with E-state index >= 15 is 0 Å². The van der Waals surface area contributed by atoms with Gasteiger partial charge in [0, 0.05) is 38.3 Å². The third-order valence-electron chi connectivity index (χ3n) is 4.63. The molecule has 1 saturated heterocycles. The second-order valence-corrected chi connectivity index (χ2v) is 6.42. The number of rotatable bonds is 3. The number of hydrogen-bond acceptors (Lipinski definition) is 4. The maximum Gasteiger partial charge on any atom is 0.253 e. The van der Waals surface area contributed by atoms with Crippen LogP contribution in [-0.4, -0.2) is 41.9 Å². The summed E-state index contributed by atoms with van der Waals surface area (Å²) in [5, 5.41) is 17.7. The first-order chi connectivity index (χ1) is 12.7. The minimum absolute atomic E-state index is 0.0229. The maximum atomic E-state index is 12.7. The largest absolute Gasteiger partial charge is 0.337 e. The van der Waals surface area contributed by atoms with Crippen LogP contribution in [0, 0.1) is 22.7 Å². The van der Waals surface area contributed by atoms with Gasteiger partial charge < -0.3 is 4.90 Å². The highest BCUT2D eigenvalue weighted by Crippen LogP contribution is 2.13. The van der Waals surface area contributed by atoms with Crippen LogP contribution in [0.15, 0.2) is 48.5 Å².